The molecule has 0 aliphatic carbocycles. The van der Waals surface area contributed by atoms with Crippen molar-refractivity contribution >= 4 is 23.6 Å². The zero-order valence-corrected chi connectivity index (χ0v) is 18.4. The normalized spacial score (nSPS) is 17.0. The summed E-state index contributed by atoms with van der Waals surface area (Å²) in [4.78, 5) is 14.9. The summed E-state index contributed by atoms with van der Waals surface area (Å²) in [5.41, 5.74) is 1.93. The number of hydrogen-bond donors (Lipinski definition) is 1. The quantitative estimate of drug-likeness (QED) is 0.654. The number of ether oxygens (including phenoxy) is 3. The molecule has 1 unspecified atom stereocenters. The Morgan fingerprint density at radius 1 is 1.23 bits per heavy atom. The molecule has 1 saturated heterocycles. The van der Waals surface area contributed by atoms with Gasteiger partial charge in [-0.25, -0.2) is 0 Å². The van der Waals surface area contributed by atoms with E-state index in [1.807, 2.05) is 24.3 Å². The number of carbonyl (C=O) groups is 1. The number of benzene rings is 2. The molecule has 1 atom stereocenters. The summed E-state index contributed by atoms with van der Waals surface area (Å²) >= 11 is 6.28. The molecule has 1 N–H and O–H groups in total. The highest BCUT2D eigenvalue weighted by atomic mass is 35.5. The summed E-state index contributed by atoms with van der Waals surface area (Å²) in [7, 11) is 1.67. The molecule has 2 aliphatic heterocycles. The van der Waals surface area contributed by atoms with E-state index in [1.54, 1.807) is 19.3 Å². The Morgan fingerprint density at radius 3 is 2.84 bits per heavy atom. The largest absolute Gasteiger partial charge is 0.497 e. The number of methoxy groups -OCH3 is 1. The Bertz CT molecular complexity index is 957. The van der Waals surface area contributed by atoms with Gasteiger partial charge in [0.1, 0.15) is 19.0 Å². The van der Waals surface area contributed by atoms with E-state index >= 15 is 0 Å². The Labute approximate surface area is 187 Å². The maximum Gasteiger partial charge on any atom is 0.244 e. The van der Waals surface area contributed by atoms with Crippen molar-refractivity contribution in [2.75, 3.05) is 40.0 Å². The topological polar surface area (TPSA) is 60.0 Å². The number of hydrogen-bond acceptors (Lipinski definition) is 5. The van der Waals surface area contributed by atoms with Gasteiger partial charge in [0.15, 0.2) is 11.5 Å². The summed E-state index contributed by atoms with van der Waals surface area (Å²) in [5, 5.41) is 3.52. The van der Waals surface area contributed by atoms with Gasteiger partial charge in [-0.3, -0.25) is 9.69 Å². The Balaban J connectivity index is 1.42. The molecule has 6 nitrogen and oxygen atoms in total. The van der Waals surface area contributed by atoms with E-state index in [4.69, 9.17) is 25.8 Å². The lowest BCUT2D eigenvalue weighted by molar-refractivity contribution is -0.116. The van der Waals surface area contributed by atoms with E-state index in [0.29, 0.717) is 36.3 Å². The minimum absolute atomic E-state index is 0.110. The standard InChI is InChI=1S/C24H27ClN2O4/c1-29-19-6-4-5-18(15-19)21(27-9-2-3-10-27)16-26-23(28)8-7-17-13-20(25)24-22(14-17)30-11-12-31-24/h4-8,13-15,21H,2-3,9-12,16H2,1H3,(H,26,28)/b8-7+. The van der Waals surface area contributed by atoms with Crippen molar-refractivity contribution in [3.63, 3.8) is 0 Å². The molecule has 164 valence electrons. The summed E-state index contributed by atoms with van der Waals surface area (Å²) in [6.45, 7) is 3.56. The maximum absolute atomic E-state index is 12.5. The first kappa shape index (κ1) is 21.5. The third-order valence-electron chi connectivity index (χ3n) is 5.58. The number of nitrogens with zero attached hydrogens (tertiary/aromatic N) is 1. The smallest absolute Gasteiger partial charge is 0.244 e. The van der Waals surface area contributed by atoms with Gasteiger partial charge in [0.05, 0.1) is 18.2 Å². The molecule has 4 rings (SSSR count). The van der Waals surface area contributed by atoms with Crippen molar-refractivity contribution in [1.82, 2.24) is 10.2 Å². The van der Waals surface area contributed by atoms with Gasteiger partial charge in [0.25, 0.3) is 0 Å². The Morgan fingerprint density at radius 2 is 2.03 bits per heavy atom. The second-order valence-corrected chi connectivity index (χ2v) is 8.05. The minimum Gasteiger partial charge on any atom is -0.497 e. The number of nitrogens with one attached hydrogen (secondary N) is 1. The van der Waals surface area contributed by atoms with Crippen LogP contribution in [0.25, 0.3) is 6.08 Å². The van der Waals surface area contributed by atoms with Gasteiger partial charge in [-0.1, -0.05) is 23.7 Å². The maximum atomic E-state index is 12.5. The van der Waals surface area contributed by atoms with Gasteiger partial charge in [0.2, 0.25) is 5.91 Å². The van der Waals surface area contributed by atoms with Crippen molar-refractivity contribution in [2.24, 2.45) is 0 Å². The molecule has 2 aliphatic rings. The molecule has 7 heteroatoms. The second kappa shape index (κ2) is 10.1. The van der Waals surface area contributed by atoms with E-state index in [0.717, 1.165) is 30.0 Å². The first-order chi connectivity index (χ1) is 15.1. The summed E-state index contributed by atoms with van der Waals surface area (Å²) in [5.74, 6) is 1.83. The lowest BCUT2D eigenvalue weighted by Gasteiger charge is -2.28. The number of rotatable bonds is 7. The Kier molecular flexibility index (Phi) is 6.99. The fourth-order valence-corrected chi connectivity index (χ4v) is 4.29. The predicted octanol–water partition coefficient (Wildman–Crippen LogP) is 4.09. The van der Waals surface area contributed by atoms with Crippen LogP contribution in [0.5, 0.6) is 17.2 Å². The van der Waals surface area contributed by atoms with E-state index in [-0.39, 0.29) is 11.9 Å². The van der Waals surface area contributed by atoms with Crippen LogP contribution in [0.3, 0.4) is 0 Å². The van der Waals surface area contributed by atoms with Gasteiger partial charge in [-0.15, -0.1) is 0 Å². The molecule has 0 aromatic heterocycles. The Hall–Kier alpha value is -2.70. The minimum atomic E-state index is -0.155. The van der Waals surface area contributed by atoms with Crippen LogP contribution in [-0.4, -0.2) is 50.8 Å². The summed E-state index contributed by atoms with van der Waals surface area (Å²) in [6.07, 6.45) is 5.61. The van der Waals surface area contributed by atoms with Gasteiger partial charge < -0.3 is 19.5 Å². The van der Waals surface area contributed by atoms with Crippen LogP contribution >= 0.6 is 11.6 Å². The van der Waals surface area contributed by atoms with E-state index in [9.17, 15) is 4.79 Å². The van der Waals surface area contributed by atoms with Crippen molar-refractivity contribution in [1.29, 1.82) is 0 Å². The average Bonchev–Trinajstić information content (AvgIpc) is 3.33. The third-order valence-corrected chi connectivity index (χ3v) is 5.86. The molecule has 2 aromatic rings. The predicted molar refractivity (Wildman–Crippen MR) is 121 cm³/mol. The molecule has 0 saturated carbocycles. The highest BCUT2D eigenvalue weighted by Crippen LogP contribution is 2.38. The van der Waals surface area contributed by atoms with E-state index < -0.39 is 0 Å². The molecule has 1 amide bonds. The van der Waals surface area contributed by atoms with Crippen molar-refractivity contribution < 1.29 is 19.0 Å². The van der Waals surface area contributed by atoms with Gasteiger partial charge in [0, 0.05) is 12.6 Å². The first-order valence-electron chi connectivity index (χ1n) is 10.6. The van der Waals surface area contributed by atoms with Crippen LogP contribution < -0.4 is 19.5 Å². The van der Waals surface area contributed by atoms with Gasteiger partial charge in [-0.05, 0) is 67.4 Å². The second-order valence-electron chi connectivity index (χ2n) is 7.64. The van der Waals surface area contributed by atoms with Crippen LogP contribution in [0.2, 0.25) is 5.02 Å². The summed E-state index contributed by atoms with van der Waals surface area (Å²) in [6, 6.07) is 11.8. The molecular formula is C24H27ClN2O4. The van der Waals surface area contributed by atoms with Crippen LogP contribution in [-0.2, 0) is 4.79 Å². The van der Waals surface area contributed by atoms with Gasteiger partial charge in [-0.2, -0.15) is 0 Å². The van der Waals surface area contributed by atoms with Gasteiger partial charge >= 0.3 is 0 Å². The molecule has 1 fully saturated rings. The number of fused-ring (bicyclic) bond motifs is 1. The molecule has 31 heavy (non-hydrogen) atoms. The lowest BCUT2D eigenvalue weighted by Crippen LogP contribution is -2.36. The van der Waals surface area contributed by atoms with Crippen molar-refractivity contribution in [3.05, 3.63) is 58.6 Å². The highest BCUT2D eigenvalue weighted by Gasteiger charge is 2.24. The molecule has 2 heterocycles. The van der Waals surface area contributed by atoms with Crippen molar-refractivity contribution in [2.45, 2.75) is 18.9 Å². The monoisotopic (exact) mass is 442 g/mol. The number of carbonyl (C=O) groups excluding carboxylic acids is 1. The SMILES string of the molecule is COc1cccc(C(CNC(=O)/C=C/c2cc(Cl)c3c(c2)OCCO3)N2CCCC2)c1. The molecule has 0 radical (unpaired) electrons. The number of halogens is 1. The molecule has 0 spiro atoms. The van der Waals surface area contributed by atoms with Crippen LogP contribution in [0, 0.1) is 0 Å². The van der Waals surface area contributed by atoms with Crippen LogP contribution in [0.15, 0.2) is 42.5 Å². The average molecular weight is 443 g/mol. The lowest BCUT2D eigenvalue weighted by atomic mass is 10.0. The van der Waals surface area contributed by atoms with Crippen LogP contribution in [0.4, 0.5) is 0 Å². The number of amides is 1. The third kappa shape index (κ3) is 5.32. The molecule has 0 bridgehead atoms. The van der Waals surface area contributed by atoms with Crippen molar-refractivity contribution in [3.8, 4) is 17.2 Å². The zero-order chi connectivity index (χ0) is 21.6. The first-order valence-corrected chi connectivity index (χ1v) is 10.9. The van der Waals surface area contributed by atoms with E-state index in [2.05, 4.69) is 16.3 Å². The molecular weight excluding hydrogens is 416 g/mol. The fourth-order valence-electron chi connectivity index (χ4n) is 4.01. The van der Waals surface area contributed by atoms with E-state index in [1.165, 1.54) is 18.9 Å². The fraction of sp³-hybridized carbons (Fsp3) is 0.375. The zero-order valence-electron chi connectivity index (χ0n) is 17.6. The summed E-state index contributed by atoms with van der Waals surface area (Å²) < 4.78 is 16.5. The van der Waals surface area contributed by atoms with Crippen LogP contribution in [0.1, 0.15) is 30.0 Å². The number of likely N-dealkylation sites (tertiary alicyclic amines) is 1. The highest BCUT2D eigenvalue weighted by molar-refractivity contribution is 6.32. The molecule has 2 aromatic carbocycles.